The highest BCUT2D eigenvalue weighted by molar-refractivity contribution is 5.82. The molecule has 1 rings (SSSR count). The number of likely N-dealkylation sites (tertiary alicyclic amines) is 1. The number of carbonyl (C=O) groups excluding carboxylic acids is 1. The number of aliphatic carboxylic acids is 1. The summed E-state index contributed by atoms with van der Waals surface area (Å²) >= 11 is 0. The van der Waals surface area contributed by atoms with Crippen molar-refractivity contribution in [2.75, 3.05) is 7.05 Å². The van der Waals surface area contributed by atoms with Crippen molar-refractivity contribution in [3.63, 3.8) is 0 Å². The highest BCUT2D eigenvalue weighted by atomic mass is 16.4. The fourth-order valence-corrected chi connectivity index (χ4v) is 2.31. The second kappa shape index (κ2) is 5.38. The molecule has 5 heteroatoms. The van der Waals surface area contributed by atoms with Gasteiger partial charge in [0.15, 0.2) is 0 Å². The fraction of sp³-hybridized carbons (Fsp3) is 0.833. The molecule has 0 bridgehead atoms. The van der Waals surface area contributed by atoms with E-state index < -0.39 is 12.0 Å². The summed E-state index contributed by atoms with van der Waals surface area (Å²) in [5, 5.41) is 8.92. The molecule has 5 nitrogen and oxygen atoms in total. The Labute approximate surface area is 102 Å². The van der Waals surface area contributed by atoms with Crippen LogP contribution in [0.2, 0.25) is 0 Å². The van der Waals surface area contributed by atoms with Gasteiger partial charge in [0.05, 0.1) is 0 Å². The molecular weight excluding hydrogens is 220 g/mol. The van der Waals surface area contributed by atoms with E-state index in [4.69, 9.17) is 5.11 Å². The maximum atomic E-state index is 12.3. The maximum absolute atomic E-state index is 12.3. The van der Waals surface area contributed by atoms with Gasteiger partial charge in [-0.15, -0.1) is 0 Å². The van der Waals surface area contributed by atoms with Crippen LogP contribution in [-0.4, -0.2) is 52.1 Å². The van der Waals surface area contributed by atoms with Crippen LogP contribution in [0.4, 0.5) is 4.79 Å². The van der Waals surface area contributed by atoms with Crippen molar-refractivity contribution in [1.29, 1.82) is 0 Å². The molecule has 2 amide bonds. The first kappa shape index (κ1) is 13.8. The van der Waals surface area contributed by atoms with Gasteiger partial charge in [0, 0.05) is 19.1 Å². The minimum absolute atomic E-state index is 0.181. The van der Waals surface area contributed by atoms with Gasteiger partial charge in [0.1, 0.15) is 6.04 Å². The number of nitrogens with zero attached hydrogens (tertiary/aromatic N) is 2. The van der Waals surface area contributed by atoms with Gasteiger partial charge < -0.3 is 14.9 Å². The standard InChI is InChI=1S/C12H22N2O3/c1-8-6-5-7-9(2)14(8)12(17)13(4)10(3)11(15)16/h8-10H,5-7H2,1-4H3,(H,15,16). The summed E-state index contributed by atoms with van der Waals surface area (Å²) in [6, 6.07) is -0.590. The third-order valence-electron chi connectivity index (χ3n) is 3.65. The number of carboxylic acids is 1. The summed E-state index contributed by atoms with van der Waals surface area (Å²) in [5.74, 6) is -0.974. The molecule has 0 radical (unpaired) electrons. The number of carbonyl (C=O) groups is 2. The molecule has 1 heterocycles. The Morgan fingerprint density at radius 1 is 1.29 bits per heavy atom. The molecule has 0 aromatic carbocycles. The summed E-state index contributed by atoms with van der Waals surface area (Å²) in [4.78, 5) is 26.2. The Bertz CT molecular complexity index is 296. The van der Waals surface area contributed by atoms with Crippen LogP contribution < -0.4 is 0 Å². The van der Waals surface area contributed by atoms with Crippen LogP contribution in [0.25, 0.3) is 0 Å². The van der Waals surface area contributed by atoms with Crippen LogP contribution >= 0.6 is 0 Å². The minimum Gasteiger partial charge on any atom is -0.480 e. The normalized spacial score (nSPS) is 26.5. The van der Waals surface area contributed by atoms with E-state index >= 15 is 0 Å². The van der Waals surface area contributed by atoms with E-state index in [2.05, 4.69) is 0 Å². The molecule has 0 aliphatic carbocycles. The van der Waals surface area contributed by atoms with Crippen molar-refractivity contribution in [1.82, 2.24) is 9.80 Å². The Hall–Kier alpha value is -1.26. The number of carboxylic acid groups (broad SMARTS) is 1. The predicted molar refractivity (Wildman–Crippen MR) is 64.9 cm³/mol. The molecule has 98 valence electrons. The number of rotatable bonds is 2. The number of amides is 2. The van der Waals surface area contributed by atoms with Gasteiger partial charge in [-0.1, -0.05) is 0 Å². The van der Waals surface area contributed by atoms with Crippen molar-refractivity contribution < 1.29 is 14.7 Å². The van der Waals surface area contributed by atoms with E-state index in [0.717, 1.165) is 19.3 Å². The molecular formula is C12H22N2O3. The molecule has 3 atom stereocenters. The van der Waals surface area contributed by atoms with Crippen molar-refractivity contribution in [3.05, 3.63) is 0 Å². The predicted octanol–water partition coefficient (Wildman–Crippen LogP) is 1.77. The second-order valence-corrected chi connectivity index (χ2v) is 4.94. The minimum atomic E-state index is -0.974. The number of hydrogen-bond acceptors (Lipinski definition) is 2. The first-order valence-corrected chi connectivity index (χ1v) is 6.14. The monoisotopic (exact) mass is 242 g/mol. The highest BCUT2D eigenvalue weighted by Crippen LogP contribution is 2.24. The van der Waals surface area contributed by atoms with E-state index in [9.17, 15) is 9.59 Å². The quantitative estimate of drug-likeness (QED) is 0.802. The molecule has 0 aromatic heterocycles. The number of hydrogen-bond donors (Lipinski definition) is 1. The third kappa shape index (κ3) is 2.90. The van der Waals surface area contributed by atoms with Gasteiger partial charge in [-0.2, -0.15) is 0 Å². The maximum Gasteiger partial charge on any atom is 0.326 e. The lowest BCUT2D eigenvalue weighted by Gasteiger charge is -2.41. The average molecular weight is 242 g/mol. The first-order chi connectivity index (χ1) is 7.86. The SMILES string of the molecule is CC(C(=O)O)N(C)C(=O)N1C(C)CCCC1C. The highest BCUT2D eigenvalue weighted by Gasteiger charge is 2.33. The molecule has 1 N–H and O–H groups in total. The van der Waals surface area contributed by atoms with Crippen molar-refractivity contribution in [2.45, 2.75) is 58.2 Å². The summed E-state index contributed by atoms with van der Waals surface area (Å²) in [6.07, 6.45) is 3.11. The molecule has 3 unspecified atom stereocenters. The fourth-order valence-electron chi connectivity index (χ4n) is 2.31. The second-order valence-electron chi connectivity index (χ2n) is 4.94. The molecule has 0 aromatic rings. The lowest BCUT2D eigenvalue weighted by atomic mass is 9.98. The number of likely N-dealkylation sites (N-methyl/N-ethyl adjacent to an activating group) is 1. The zero-order valence-corrected chi connectivity index (χ0v) is 11.0. The first-order valence-electron chi connectivity index (χ1n) is 6.14. The molecule has 1 saturated heterocycles. The van der Waals surface area contributed by atoms with Crippen LogP contribution in [0.1, 0.15) is 40.0 Å². The molecule has 17 heavy (non-hydrogen) atoms. The molecule has 1 aliphatic heterocycles. The van der Waals surface area contributed by atoms with E-state index in [1.807, 2.05) is 18.7 Å². The summed E-state index contributed by atoms with van der Waals surface area (Å²) in [6.45, 7) is 5.57. The van der Waals surface area contributed by atoms with Crippen molar-refractivity contribution >= 4 is 12.0 Å². The van der Waals surface area contributed by atoms with E-state index in [0.29, 0.717) is 0 Å². The van der Waals surface area contributed by atoms with Gasteiger partial charge in [-0.05, 0) is 40.0 Å². The Morgan fingerprint density at radius 3 is 2.18 bits per heavy atom. The molecule has 1 fully saturated rings. The van der Waals surface area contributed by atoms with Gasteiger partial charge >= 0.3 is 12.0 Å². The van der Waals surface area contributed by atoms with Crippen molar-refractivity contribution in [3.8, 4) is 0 Å². The lowest BCUT2D eigenvalue weighted by Crippen LogP contribution is -2.55. The van der Waals surface area contributed by atoms with Crippen LogP contribution in [0.3, 0.4) is 0 Å². The van der Waals surface area contributed by atoms with Crippen LogP contribution in [0.15, 0.2) is 0 Å². The van der Waals surface area contributed by atoms with Crippen molar-refractivity contribution in [2.24, 2.45) is 0 Å². The Balaban J connectivity index is 2.76. The van der Waals surface area contributed by atoms with Gasteiger partial charge in [-0.25, -0.2) is 9.59 Å². The Morgan fingerprint density at radius 2 is 1.76 bits per heavy atom. The topological polar surface area (TPSA) is 60.9 Å². The van der Waals surface area contributed by atoms with Crippen LogP contribution in [0.5, 0.6) is 0 Å². The average Bonchev–Trinajstić information content (AvgIpc) is 2.26. The Kier molecular flexibility index (Phi) is 4.37. The lowest BCUT2D eigenvalue weighted by molar-refractivity contribution is -0.141. The molecule has 0 saturated carbocycles. The van der Waals surface area contributed by atoms with E-state index in [1.165, 1.54) is 11.8 Å². The van der Waals surface area contributed by atoms with E-state index in [1.54, 1.807) is 7.05 Å². The molecule has 0 spiro atoms. The van der Waals surface area contributed by atoms with Crippen LogP contribution in [0, 0.1) is 0 Å². The van der Waals surface area contributed by atoms with Gasteiger partial charge in [0.25, 0.3) is 0 Å². The van der Waals surface area contributed by atoms with Gasteiger partial charge in [0.2, 0.25) is 0 Å². The smallest absolute Gasteiger partial charge is 0.326 e. The summed E-state index contributed by atoms with van der Waals surface area (Å²) < 4.78 is 0. The largest absolute Gasteiger partial charge is 0.480 e. The molecule has 1 aliphatic rings. The van der Waals surface area contributed by atoms with Gasteiger partial charge in [-0.3, -0.25) is 0 Å². The van der Waals surface area contributed by atoms with E-state index in [-0.39, 0.29) is 18.1 Å². The van der Waals surface area contributed by atoms with Crippen LogP contribution in [-0.2, 0) is 4.79 Å². The zero-order valence-electron chi connectivity index (χ0n) is 11.0. The third-order valence-corrected chi connectivity index (χ3v) is 3.65. The number of urea groups is 1. The summed E-state index contributed by atoms with van der Waals surface area (Å²) in [7, 11) is 1.55. The summed E-state index contributed by atoms with van der Waals surface area (Å²) in [5.41, 5.74) is 0. The number of piperidine rings is 1. The zero-order chi connectivity index (χ0) is 13.2.